The first-order valence-corrected chi connectivity index (χ1v) is 9.87. The Hall–Kier alpha value is -0.760. The van der Waals surface area contributed by atoms with E-state index in [9.17, 15) is 8.42 Å². The molecular formula is C14H24N2O3S2. The molecule has 1 aromatic rings. The van der Waals surface area contributed by atoms with E-state index < -0.39 is 10.0 Å². The summed E-state index contributed by atoms with van der Waals surface area (Å²) in [5, 5.41) is 3.20. The van der Waals surface area contributed by atoms with Crippen LogP contribution in [0.25, 0.3) is 0 Å². The summed E-state index contributed by atoms with van der Waals surface area (Å²) < 4.78 is 32.6. The largest absolute Gasteiger partial charge is 0.494 e. The highest BCUT2D eigenvalue weighted by Crippen LogP contribution is 2.22. The number of sulfonamides is 1. The van der Waals surface area contributed by atoms with Crippen molar-refractivity contribution >= 4 is 21.8 Å². The summed E-state index contributed by atoms with van der Waals surface area (Å²) in [5.41, 5.74) is 0.853. The molecule has 1 aromatic carbocycles. The molecule has 0 fully saturated rings. The summed E-state index contributed by atoms with van der Waals surface area (Å²) in [6.07, 6.45) is 1.94. The van der Waals surface area contributed by atoms with Crippen LogP contribution in [0.15, 0.2) is 23.1 Å². The van der Waals surface area contributed by atoms with Gasteiger partial charge in [0.2, 0.25) is 10.0 Å². The van der Waals surface area contributed by atoms with E-state index in [2.05, 4.69) is 10.0 Å². The molecule has 0 aromatic heterocycles. The molecule has 0 aliphatic heterocycles. The zero-order valence-corrected chi connectivity index (χ0v) is 14.4. The van der Waals surface area contributed by atoms with Crippen molar-refractivity contribution in [3.05, 3.63) is 23.8 Å². The molecule has 0 heterocycles. The molecule has 0 aliphatic carbocycles. The first-order chi connectivity index (χ1) is 10.0. The average molecular weight is 332 g/mol. The summed E-state index contributed by atoms with van der Waals surface area (Å²) >= 11 is 1.60. The molecule has 0 bridgehead atoms. The van der Waals surface area contributed by atoms with E-state index in [4.69, 9.17) is 4.74 Å². The zero-order chi connectivity index (χ0) is 15.7. The lowest BCUT2D eigenvalue weighted by atomic mass is 10.2. The fourth-order valence-corrected chi connectivity index (χ4v) is 3.30. The van der Waals surface area contributed by atoms with E-state index in [-0.39, 0.29) is 4.90 Å². The van der Waals surface area contributed by atoms with Gasteiger partial charge in [-0.3, -0.25) is 0 Å². The van der Waals surface area contributed by atoms with Crippen molar-refractivity contribution in [1.29, 1.82) is 0 Å². The van der Waals surface area contributed by atoms with Gasteiger partial charge in [-0.2, -0.15) is 11.8 Å². The summed E-state index contributed by atoms with van der Waals surface area (Å²) in [6, 6.07) is 4.98. The van der Waals surface area contributed by atoms with Crippen molar-refractivity contribution in [1.82, 2.24) is 10.0 Å². The van der Waals surface area contributed by atoms with E-state index in [0.717, 1.165) is 23.6 Å². The summed E-state index contributed by atoms with van der Waals surface area (Å²) in [4.78, 5) is 0.278. The fourth-order valence-electron chi connectivity index (χ4n) is 1.78. The van der Waals surface area contributed by atoms with Gasteiger partial charge < -0.3 is 10.1 Å². The normalized spacial score (nSPS) is 11.6. The molecule has 0 saturated heterocycles. The van der Waals surface area contributed by atoms with Gasteiger partial charge in [-0.1, -0.05) is 6.92 Å². The SMILES string of the molecule is CCNCc1cc(S(=O)(=O)NCCSC)ccc1OCC. The van der Waals surface area contributed by atoms with Crippen LogP contribution in [0.5, 0.6) is 5.75 Å². The molecular weight excluding hydrogens is 308 g/mol. The summed E-state index contributed by atoms with van der Waals surface area (Å²) in [6.45, 7) is 6.29. The minimum absolute atomic E-state index is 0.278. The predicted octanol–water partition coefficient (Wildman–Crippen LogP) is 1.84. The first kappa shape index (κ1) is 18.3. The number of thioether (sulfide) groups is 1. The van der Waals surface area contributed by atoms with E-state index in [0.29, 0.717) is 19.7 Å². The third-order valence-electron chi connectivity index (χ3n) is 2.81. The number of hydrogen-bond donors (Lipinski definition) is 2. The van der Waals surface area contributed by atoms with Gasteiger partial charge in [0.25, 0.3) is 0 Å². The Morgan fingerprint density at radius 2 is 2.05 bits per heavy atom. The van der Waals surface area contributed by atoms with E-state index in [1.807, 2.05) is 20.1 Å². The van der Waals surface area contributed by atoms with Crippen LogP contribution in [0.1, 0.15) is 19.4 Å². The van der Waals surface area contributed by atoms with Gasteiger partial charge in [-0.15, -0.1) is 0 Å². The fraction of sp³-hybridized carbons (Fsp3) is 0.571. The van der Waals surface area contributed by atoms with Crippen molar-refractivity contribution in [2.75, 3.05) is 31.7 Å². The average Bonchev–Trinajstić information content (AvgIpc) is 2.46. The minimum atomic E-state index is -3.46. The highest BCUT2D eigenvalue weighted by molar-refractivity contribution is 7.98. The van der Waals surface area contributed by atoms with Crippen LogP contribution in [0.4, 0.5) is 0 Å². The molecule has 0 amide bonds. The second kappa shape index (κ2) is 9.30. The van der Waals surface area contributed by atoms with Crippen molar-refractivity contribution in [3.8, 4) is 5.75 Å². The molecule has 1 rings (SSSR count). The van der Waals surface area contributed by atoms with Gasteiger partial charge in [0.05, 0.1) is 11.5 Å². The van der Waals surface area contributed by atoms with Crippen LogP contribution in [-0.4, -0.2) is 40.1 Å². The highest BCUT2D eigenvalue weighted by atomic mass is 32.2. The molecule has 0 unspecified atom stereocenters. The van der Waals surface area contributed by atoms with Crippen LogP contribution in [0.2, 0.25) is 0 Å². The Bertz CT molecular complexity index is 533. The van der Waals surface area contributed by atoms with E-state index in [1.54, 1.807) is 30.0 Å². The number of nitrogens with one attached hydrogen (secondary N) is 2. The molecule has 0 spiro atoms. The molecule has 5 nitrogen and oxygen atoms in total. The molecule has 0 saturated carbocycles. The van der Waals surface area contributed by atoms with Gasteiger partial charge in [-0.05, 0) is 37.9 Å². The van der Waals surface area contributed by atoms with Crippen molar-refractivity contribution in [2.24, 2.45) is 0 Å². The zero-order valence-electron chi connectivity index (χ0n) is 12.8. The van der Waals surface area contributed by atoms with Crippen molar-refractivity contribution < 1.29 is 13.2 Å². The second-order valence-electron chi connectivity index (χ2n) is 4.37. The van der Waals surface area contributed by atoms with Gasteiger partial charge in [0, 0.05) is 24.4 Å². The Labute approximate surface area is 131 Å². The van der Waals surface area contributed by atoms with E-state index >= 15 is 0 Å². The Morgan fingerprint density at radius 1 is 1.29 bits per heavy atom. The molecule has 0 aliphatic rings. The lowest BCUT2D eigenvalue weighted by molar-refractivity contribution is 0.335. The molecule has 7 heteroatoms. The van der Waals surface area contributed by atoms with E-state index in [1.165, 1.54) is 0 Å². The maximum atomic E-state index is 12.2. The summed E-state index contributed by atoms with van der Waals surface area (Å²) in [5.74, 6) is 1.47. The number of ether oxygens (including phenoxy) is 1. The second-order valence-corrected chi connectivity index (χ2v) is 7.13. The van der Waals surface area contributed by atoms with Crippen molar-refractivity contribution in [2.45, 2.75) is 25.3 Å². The predicted molar refractivity (Wildman–Crippen MR) is 88.6 cm³/mol. The molecule has 0 atom stereocenters. The van der Waals surface area contributed by atoms with Gasteiger partial charge >= 0.3 is 0 Å². The smallest absolute Gasteiger partial charge is 0.240 e. The van der Waals surface area contributed by atoms with Crippen LogP contribution >= 0.6 is 11.8 Å². The lowest BCUT2D eigenvalue weighted by Crippen LogP contribution is -2.26. The first-order valence-electron chi connectivity index (χ1n) is 7.00. The van der Waals surface area contributed by atoms with Crippen molar-refractivity contribution in [3.63, 3.8) is 0 Å². The minimum Gasteiger partial charge on any atom is -0.494 e. The molecule has 0 radical (unpaired) electrons. The maximum absolute atomic E-state index is 12.2. The van der Waals surface area contributed by atoms with Crippen LogP contribution in [-0.2, 0) is 16.6 Å². The number of benzene rings is 1. The maximum Gasteiger partial charge on any atom is 0.240 e. The highest BCUT2D eigenvalue weighted by Gasteiger charge is 2.16. The Morgan fingerprint density at radius 3 is 2.67 bits per heavy atom. The van der Waals surface area contributed by atoms with Gasteiger partial charge in [0.1, 0.15) is 5.75 Å². The Kier molecular flexibility index (Phi) is 8.10. The lowest BCUT2D eigenvalue weighted by Gasteiger charge is -2.13. The molecule has 2 N–H and O–H groups in total. The summed E-state index contributed by atoms with van der Waals surface area (Å²) in [7, 11) is -3.46. The number of rotatable bonds is 10. The standard InChI is InChI=1S/C14H24N2O3S2/c1-4-15-11-12-10-13(6-7-14(12)19-5-2)21(17,18)16-8-9-20-3/h6-7,10,15-16H,4-5,8-9,11H2,1-3H3. The Balaban J connectivity index is 2.97. The quantitative estimate of drug-likeness (QED) is 0.640. The van der Waals surface area contributed by atoms with Crippen LogP contribution in [0, 0.1) is 0 Å². The topological polar surface area (TPSA) is 67.4 Å². The number of hydrogen-bond acceptors (Lipinski definition) is 5. The third kappa shape index (κ3) is 5.86. The van der Waals surface area contributed by atoms with Gasteiger partial charge in [-0.25, -0.2) is 13.1 Å². The third-order valence-corrected chi connectivity index (χ3v) is 4.88. The van der Waals surface area contributed by atoms with Crippen LogP contribution in [0.3, 0.4) is 0 Å². The van der Waals surface area contributed by atoms with Crippen LogP contribution < -0.4 is 14.8 Å². The van der Waals surface area contributed by atoms with Gasteiger partial charge in [0.15, 0.2) is 0 Å². The monoisotopic (exact) mass is 332 g/mol. The molecule has 21 heavy (non-hydrogen) atoms. The molecule has 120 valence electrons.